The predicted molar refractivity (Wildman–Crippen MR) is 78.0 cm³/mol. The Hall–Kier alpha value is -1.89. The molecule has 0 unspecified atom stereocenters. The molecule has 1 saturated carbocycles. The lowest BCUT2D eigenvalue weighted by Crippen LogP contribution is -2.41. The smallest absolute Gasteiger partial charge is 0.237 e. The number of rotatable bonds is 6. The molecule has 1 aromatic rings. The van der Waals surface area contributed by atoms with E-state index < -0.39 is 0 Å². The molecular weight excluding hydrogens is 256 g/mol. The van der Waals surface area contributed by atoms with Gasteiger partial charge in [-0.1, -0.05) is 19.8 Å². The number of hydrazine groups is 1. The zero-order valence-electron chi connectivity index (χ0n) is 11.8. The van der Waals surface area contributed by atoms with E-state index in [0.29, 0.717) is 11.9 Å². The van der Waals surface area contributed by atoms with Crippen molar-refractivity contribution in [2.75, 3.05) is 16.9 Å². The van der Waals surface area contributed by atoms with Crippen molar-refractivity contribution in [3.05, 3.63) is 11.9 Å². The van der Waals surface area contributed by atoms with Crippen LogP contribution in [0.4, 0.5) is 11.6 Å². The molecule has 0 saturated heterocycles. The molecule has 7 heteroatoms. The summed E-state index contributed by atoms with van der Waals surface area (Å²) in [7, 11) is 0. The molecule has 0 aliphatic heterocycles. The van der Waals surface area contributed by atoms with Gasteiger partial charge in [-0.2, -0.15) is 0 Å². The number of carbonyl (C=O) groups is 1. The van der Waals surface area contributed by atoms with E-state index in [0.717, 1.165) is 30.6 Å². The van der Waals surface area contributed by atoms with Crippen molar-refractivity contribution in [1.82, 2.24) is 9.97 Å². The molecule has 1 aromatic heterocycles. The summed E-state index contributed by atoms with van der Waals surface area (Å²) in [5, 5.41) is 0. The van der Waals surface area contributed by atoms with Gasteiger partial charge in [0.2, 0.25) is 5.91 Å². The first kappa shape index (κ1) is 14.5. The fraction of sp³-hybridized carbons (Fsp3) is 0.615. The quantitative estimate of drug-likeness (QED) is 0.518. The van der Waals surface area contributed by atoms with E-state index in [9.17, 15) is 4.79 Å². The monoisotopic (exact) mass is 278 g/mol. The number of hydrogen-bond donors (Lipinski definition) is 3. The normalized spacial score (nSPS) is 15.3. The average Bonchev–Trinajstić information content (AvgIpc) is 2.97. The lowest BCUT2D eigenvalue weighted by Gasteiger charge is -2.30. The van der Waals surface area contributed by atoms with E-state index in [2.05, 4.69) is 15.4 Å². The molecule has 1 amide bonds. The third kappa shape index (κ3) is 2.98. The molecular formula is C13H22N6O. The SMILES string of the molecule is CCc1c(NN)ncnc1N(CC(N)=O)C1CCCC1. The maximum absolute atomic E-state index is 11.4. The van der Waals surface area contributed by atoms with Crippen LogP contribution in [0.25, 0.3) is 0 Å². The number of nitrogens with two attached hydrogens (primary N) is 2. The van der Waals surface area contributed by atoms with Crippen molar-refractivity contribution in [2.24, 2.45) is 11.6 Å². The highest BCUT2D eigenvalue weighted by Gasteiger charge is 2.27. The van der Waals surface area contributed by atoms with Crippen molar-refractivity contribution in [3.8, 4) is 0 Å². The molecule has 1 aliphatic carbocycles. The number of primary amides is 1. The van der Waals surface area contributed by atoms with E-state index in [-0.39, 0.29) is 12.5 Å². The van der Waals surface area contributed by atoms with Gasteiger partial charge in [-0.25, -0.2) is 15.8 Å². The van der Waals surface area contributed by atoms with Crippen molar-refractivity contribution < 1.29 is 4.79 Å². The Bertz CT molecular complexity index is 472. The average molecular weight is 278 g/mol. The minimum atomic E-state index is -0.347. The highest BCUT2D eigenvalue weighted by atomic mass is 16.1. The van der Waals surface area contributed by atoms with Gasteiger partial charge in [0.15, 0.2) is 0 Å². The number of anilines is 2. The van der Waals surface area contributed by atoms with Crippen LogP contribution in [-0.4, -0.2) is 28.5 Å². The van der Waals surface area contributed by atoms with Gasteiger partial charge in [0.1, 0.15) is 18.0 Å². The van der Waals surface area contributed by atoms with Gasteiger partial charge in [-0.05, 0) is 19.3 Å². The van der Waals surface area contributed by atoms with Crippen molar-refractivity contribution in [2.45, 2.75) is 45.1 Å². The van der Waals surface area contributed by atoms with Crippen molar-refractivity contribution in [3.63, 3.8) is 0 Å². The van der Waals surface area contributed by atoms with Gasteiger partial charge in [0.25, 0.3) is 0 Å². The molecule has 0 spiro atoms. The summed E-state index contributed by atoms with van der Waals surface area (Å²) in [6, 6.07) is 0.313. The maximum atomic E-state index is 11.4. The fourth-order valence-corrected chi connectivity index (χ4v) is 2.86. The van der Waals surface area contributed by atoms with Crippen LogP contribution in [0.5, 0.6) is 0 Å². The zero-order chi connectivity index (χ0) is 14.5. The standard InChI is InChI=1S/C13H22N6O/c1-2-10-12(18-15)16-8-17-13(10)19(7-11(14)20)9-5-3-4-6-9/h8-9H,2-7,15H2,1H3,(H2,14,20)(H,16,17,18). The Labute approximate surface area is 118 Å². The van der Waals surface area contributed by atoms with E-state index in [4.69, 9.17) is 11.6 Å². The molecule has 0 bridgehead atoms. The van der Waals surface area contributed by atoms with E-state index in [1.807, 2.05) is 11.8 Å². The summed E-state index contributed by atoms with van der Waals surface area (Å²) >= 11 is 0. The van der Waals surface area contributed by atoms with E-state index >= 15 is 0 Å². The summed E-state index contributed by atoms with van der Waals surface area (Å²) in [6.45, 7) is 2.19. The van der Waals surface area contributed by atoms with Gasteiger partial charge in [-0.15, -0.1) is 0 Å². The molecule has 1 heterocycles. The highest BCUT2D eigenvalue weighted by Crippen LogP contribution is 2.31. The first-order valence-electron chi connectivity index (χ1n) is 7.02. The first-order chi connectivity index (χ1) is 9.67. The molecule has 1 fully saturated rings. The highest BCUT2D eigenvalue weighted by molar-refractivity contribution is 5.80. The number of aromatic nitrogens is 2. The molecule has 20 heavy (non-hydrogen) atoms. The Morgan fingerprint density at radius 1 is 1.45 bits per heavy atom. The molecule has 5 N–H and O–H groups in total. The summed E-state index contributed by atoms with van der Waals surface area (Å²) < 4.78 is 0. The number of carbonyl (C=O) groups excluding carboxylic acids is 1. The Kier molecular flexibility index (Phi) is 4.73. The number of nitrogens with zero attached hydrogens (tertiary/aromatic N) is 3. The lowest BCUT2D eigenvalue weighted by molar-refractivity contribution is -0.116. The minimum absolute atomic E-state index is 0.179. The van der Waals surface area contributed by atoms with Gasteiger partial charge < -0.3 is 16.1 Å². The number of hydrogen-bond acceptors (Lipinski definition) is 6. The Morgan fingerprint density at radius 3 is 2.70 bits per heavy atom. The van der Waals surface area contributed by atoms with E-state index in [1.165, 1.54) is 19.2 Å². The van der Waals surface area contributed by atoms with Gasteiger partial charge >= 0.3 is 0 Å². The second-order valence-electron chi connectivity index (χ2n) is 5.05. The number of amides is 1. The van der Waals surface area contributed by atoms with Crippen molar-refractivity contribution in [1.29, 1.82) is 0 Å². The lowest BCUT2D eigenvalue weighted by atomic mass is 10.1. The van der Waals surface area contributed by atoms with Crippen LogP contribution in [0.3, 0.4) is 0 Å². The molecule has 110 valence electrons. The van der Waals surface area contributed by atoms with Crippen LogP contribution in [0.1, 0.15) is 38.2 Å². The molecule has 0 aromatic carbocycles. The Morgan fingerprint density at radius 2 is 2.15 bits per heavy atom. The van der Waals surface area contributed by atoms with Crippen molar-refractivity contribution >= 4 is 17.5 Å². The summed E-state index contributed by atoms with van der Waals surface area (Å²) in [4.78, 5) is 21.9. The van der Waals surface area contributed by atoms with E-state index in [1.54, 1.807) is 0 Å². The third-order valence-electron chi connectivity index (χ3n) is 3.78. The summed E-state index contributed by atoms with van der Waals surface area (Å²) in [6.07, 6.45) is 6.67. The second kappa shape index (κ2) is 6.51. The molecule has 1 aliphatic rings. The van der Waals surface area contributed by atoms with Gasteiger partial charge in [0, 0.05) is 11.6 Å². The molecule has 0 radical (unpaired) electrons. The summed E-state index contributed by atoms with van der Waals surface area (Å²) in [5.41, 5.74) is 8.91. The fourth-order valence-electron chi connectivity index (χ4n) is 2.86. The predicted octanol–water partition coefficient (Wildman–Crippen LogP) is 0.559. The molecule has 7 nitrogen and oxygen atoms in total. The number of nitrogen functional groups attached to an aromatic ring is 1. The topological polar surface area (TPSA) is 110 Å². The largest absolute Gasteiger partial charge is 0.368 e. The zero-order valence-corrected chi connectivity index (χ0v) is 11.8. The van der Waals surface area contributed by atoms with Crippen LogP contribution >= 0.6 is 0 Å². The van der Waals surface area contributed by atoms with Crippen LogP contribution in [-0.2, 0) is 11.2 Å². The first-order valence-corrected chi connectivity index (χ1v) is 7.02. The maximum Gasteiger partial charge on any atom is 0.237 e. The Balaban J connectivity index is 2.39. The molecule has 2 rings (SSSR count). The van der Waals surface area contributed by atoms with Crippen LogP contribution in [0.15, 0.2) is 6.33 Å². The third-order valence-corrected chi connectivity index (χ3v) is 3.78. The van der Waals surface area contributed by atoms with Gasteiger partial charge in [-0.3, -0.25) is 4.79 Å². The summed E-state index contributed by atoms with van der Waals surface area (Å²) in [5.74, 6) is 6.52. The van der Waals surface area contributed by atoms with Crippen LogP contribution in [0, 0.1) is 0 Å². The minimum Gasteiger partial charge on any atom is -0.368 e. The van der Waals surface area contributed by atoms with Crippen LogP contribution < -0.4 is 21.9 Å². The molecule has 0 atom stereocenters. The second-order valence-corrected chi connectivity index (χ2v) is 5.05. The van der Waals surface area contributed by atoms with Crippen LogP contribution in [0.2, 0.25) is 0 Å². The van der Waals surface area contributed by atoms with Gasteiger partial charge in [0.05, 0.1) is 6.54 Å². The number of nitrogens with one attached hydrogen (secondary N) is 1.